The van der Waals surface area contributed by atoms with Gasteiger partial charge in [-0.25, -0.2) is 0 Å². The molecule has 0 radical (unpaired) electrons. The highest BCUT2D eigenvalue weighted by atomic mass is 16.6. The molecule has 0 aliphatic carbocycles. The lowest BCUT2D eigenvalue weighted by molar-refractivity contribution is -0.167. The summed E-state index contributed by atoms with van der Waals surface area (Å²) in [5, 5.41) is 0. The van der Waals surface area contributed by atoms with Gasteiger partial charge in [0, 0.05) is 19.3 Å². The zero-order valence-electron chi connectivity index (χ0n) is 39.3. The van der Waals surface area contributed by atoms with Crippen molar-refractivity contribution >= 4 is 17.9 Å². The number of hydrogen-bond donors (Lipinski definition) is 0. The van der Waals surface area contributed by atoms with Gasteiger partial charge in [-0.05, 0) is 89.9 Å². The summed E-state index contributed by atoms with van der Waals surface area (Å²) in [6, 6.07) is 0. The van der Waals surface area contributed by atoms with Crippen molar-refractivity contribution in [3.05, 3.63) is 36.5 Å². The van der Waals surface area contributed by atoms with Crippen LogP contribution in [0.2, 0.25) is 0 Å². The molecule has 6 nitrogen and oxygen atoms in total. The number of carbonyl (C=O) groups is 3. The number of unbranched alkanes of at least 4 members (excludes halogenated alkanes) is 29. The van der Waals surface area contributed by atoms with Gasteiger partial charge in [0.15, 0.2) is 6.10 Å². The smallest absolute Gasteiger partial charge is 0.306 e. The van der Waals surface area contributed by atoms with Crippen molar-refractivity contribution < 1.29 is 28.6 Å². The molecular formula is C53H96O6. The van der Waals surface area contributed by atoms with Crippen molar-refractivity contribution in [2.75, 3.05) is 13.2 Å². The van der Waals surface area contributed by atoms with Gasteiger partial charge in [0.1, 0.15) is 13.2 Å². The molecule has 0 amide bonds. The van der Waals surface area contributed by atoms with Crippen LogP contribution >= 0.6 is 0 Å². The van der Waals surface area contributed by atoms with Gasteiger partial charge < -0.3 is 14.2 Å². The molecule has 0 rings (SSSR count). The normalized spacial score (nSPS) is 12.3. The van der Waals surface area contributed by atoms with E-state index in [-0.39, 0.29) is 31.1 Å². The van der Waals surface area contributed by atoms with Gasteiger partial charge in [0.2, 0.25) is 0 Å². The monoisotopic (exact) mass is 829 g/mol. The highest BCUT2D eigenvalue weighted by Crippen LogP contribution is 2.14. The Morgan fingerprint density at radius 2 is 0.576 bits per heavy atom. The first kappa shape index (κ1) is 56.6. The van der Waals surface area contributed by atoms with E-state index in [1.165, 1.54) is 141 Å². The van der Waals surface area contributed by atoms with E-state index >= 15 is 0 Å². The van der Waals surface area contributed by atoms with Crippen LogP contribution < -0.4 is 0 Å². The molecule has 6 heteroatoms. The third kappa shape index (κ3) is 46.5. The van der Waals surface area contributed by atoms with Crippen LogP contribution in [0.15, 0.2) is 36.5 Å². The highest BCUT2D eigenvalue weighted by Gasteiger charge is 2.19. The molecule has 0 aromatic heterocycles. The molecule has 0 heterocycles. The van der Waals surface area contributed by atoms with E-state index in [1.807, 2.05) is 0 Å². The summed E-state index contributed by atoms with van der Waals surface area (Å²) < 4.78 is 16.8. The molecule has 0 saturated heterocycles. The summed E-state index contributed by atoms with van der Waals surface area (Å²) in [6.45, 7) is 6.58. The standard InChI is InChI=1S/C53H96O6/c1-4-7-10-13-16-19-22-24-26-28-31-34-37-40-43-46-52(55)58-49-50(48-57-51(54)45-42-39-36-33-30-21-18-15-12-9-6-3)59-53(56)47-44-41-38-35-32-29-27-25-23-20-17-14-11-8-5-2/h15,18,24-27,50H,4-14,16-17,19-23,28-49H2,1-3H3/b18-15-,26-24-,27-25-. The van der Waals surface area contributed by atoms with E-state index < -0.39 is 6.10 Å². The Hall–Kier alpha value is -2.37. The lowest BCUT2D eigenvalue weighted by Crippen LogP contribution is -2.30. The molecular weight excluding hydrogens is 733 g/mol. The Bertz CT molecular complexity index is 1000. The Kier molecular flexibility index (Phi) is 46.4. The van der Waals surface area contributed by atoms with Crippen LogP contribution in [-0.4, -0.2) is 37.2 Å². The lowest BCUT2D eigenvalue weighted by Gasteiger charge is -2.18. The summed E-state index contributed by atoms with van der Waals surface area (Å²) in [5.41, 5.74) is 0. The van der Waals surface area contributed by atoms with E-state index in [1.54, 1.807) is 0 Å². The largest absolute Gasteiger partial charge is 0.462 e. The molecule has 0 N–H and O–H groups in total. The summed E-state index contributed by atoms with van der Waals surface area (Å²) in [5.74, 6) is -0.900. The summed E-state index contributed by atoms with van der Waals surface area (Å²) in [6.07, 6.45) is 55.5. The lowest BCUT2D eigenvalue weighted by atomic mass is 10.1. The van der Waals surface area contributed by atoms with E-state index in [9.17, 15) is 14.4 Å². The van der Waals surface area contributed by atoms with Gasteiger partial charge in [-0.2, -0.15) is 0 Å². The van der Waals surface area contributed by atoms with Crippen LogP contribution in [0.4, 0.5) is 0 Å². The van der Waals surface area contributed by atoms with Gasteiger partial charge in [-0.1, -0.05) is 192 Å². The fourth-order valence-corrected chi connectivity index (χ4v) is 7.18. The van der Waals surface area contributed by atoms with E-state index in [0.717, 1.165) is 83.5 Å². The first-order chi connectivity index (χ1) is 29.0. The number of allylic oxidation sites excluding steroid dienone is 6. The SMILES string of the molecule is CCCC/C=C\CCCCCCCC(=O)OCC(COC(=O)CCCCCCC/C=C\CCCCCCCC)OC(=O)CCCCCCC/C=C\CCCCCCCC. The average Bonchev–Trinajstić information content (AvgIpc) is 3.23. The molecule has 1 unspecified atom stereocenters. The number of hydrogen-bond acceptors (Lipinski definition) is 6. The second-order valence-corrected chi connectivity index (χ2v) is 17.1. The molecule has 59 heavy (non-hydrogen) atoms. The van der Waals surface area contributed by atoms with Crippen molar-refractivity contribution in [3.63, 3.8) is 0 Å². The minimum atomic E-state index is -0.780. The molecule has 0 bridgehead atoms. The van der Waals surface area contributed by atoms with E-state index in [2.05, 4.69) is 57.2 Å². The molecule has 0 aromatic carbocycles. The van der Waals surface area contributed by atoms with Crippen molar-refractivity contribution in [1.29, 1.82) is 0 Å². The number of ether oxygens (including phenoxy) is 3. The zero-order valence-corrected chi connectivity index (χ0v) is 39.3. The fraction of sp³-hybridized carbons (Fsp3) is 0.830. The maximum absolute atomic E-state index is 12.8. The van der Waals surface area contributed by atoms with Crippen LogP contribution in [0.3, 0.4) is 0 Å². The topological polar surface area (TPSA) is 78.9 Å². The predicted molar refractivity (Wildman–Crippen MR) is 252 cm³/mol. The Morgan fingerprint density at radius 1 is 0.322 bits per heavy atom. The van der Waals surface area contributed by atoms with Crippen LogP contribution in [0.25, 0.3) is 0 Å². The quantitative estimate of drug-likeness (QED) is 0.0263. The minimum absolute atomic E-state index is 0.0812. The highest BCUT2D eigenvalue weighted by molar-refractivity contribution is 5.71. The van der Waals surface area contributed by atoms with Gasteiger partial charge in [0.05, 0.1) is 0 Å². The number of esters is 3. The van der Waals surface area contributed by atoms with Crippen molar-refractivity contribution in [2.45, 2.75) is 271 Å². The van der Waals surface area contributed by atoms with E-state index in [0.29, 0.717) is 19.3 Å². The average molecular weight is 829 g/mol. The Morgan fingerprint density at radius 3 is 0.898 bits per heavy atom. The second-order valence-electron chi connectivity index (χ2n) is 17.1. The number of rotatable bonds is 46. The maximum Gasteiger partial charge on any atom is 0.306 e. The van der Waals surface area contributed by atoms with Crippen molar-refractivity contribution in [3.8, 4) is 0 Å². The molecule has 0 aliphatic heterocycles. The molecule has 0 aromatic rings. The first-order valence-corrected chi connectivity index (χ1v) is 25.5. The molecule has 0 spiro atoms. The maximum atomic E-state index is 12.8. The Balaban J connectivity index is 4.38. The Labute approximate surface area is 365 Å². The summed E-state index contributed by atoms with van der Waals surface area (Å²) in [4.78, 5) is 37.9. The van der Waals surface area contributed by atoms with Crippen molar-refractivity contribution in [2.24, 2.45) is 0 Å². The van der Waals surface area contributed by atoms with Crippen LogP contribution in [0, 0.1) is 0 Å². The first-order valence-electron chi connectivity index (χ1n) is 25.5. The van der Waals surface area contributed by atoms with Crippen LogP contribution in [0.1, 0.15) is 265 Å². The van der Waals surface area contributed by atoms with Gasteiger partial charge >= 0.3 is 17.9 Å². The molecule has 344 valence electrons. The predicted octanol–water partition coefficient (Wildman–Crippen LogP) is 16.5. The van der Waals surface area contributed by atoms with Crippen LogP contribution in [-0.2, 0) is 28.6 Å². The molecule has 1 atom stereocenters. The minimum Gasteiger partial charge on any atom is -0.462 e. The van der Waals surface area contributed by atoms with Gasteiger partial charge in [-0.3, -0.25) is 14.4 Å². The van der Waals surface area contributed by atoms with Gasteiger partial charge in [-0.15, -0.1) is 0 Å². The van der Waals surface area contributed by atoms with Crippen molar-refractivity contribution in [1.82, 2.24) is 0 Å². The summed E-state index contributed by atoms with van der Waals surface area (Å²) in [7, 11) is 0. The third-order valence-corrected chi connectivity index (χ3v) is 11.1. The van der Waals surface area contributed by atoms with Gasteiger partial charge in [0.25, 0.3) is 0 Å². The third-order valence-electron chi connectivity index (χ3n) is 11.1. The number of carbonyl (C=O) groups excluding carboxylic acids is 3. The zero-order chi connectivity index (χ0) is 43.0. The molecule has 0 saturated carbocycles. The molecule has 0 fully saturated rings. The fourth-order valence-electron chi connectivity index (χ4n) is 7.18. The van der Waals surface area contributed by atoms with E-state index in [4.69, 9.17) is 14.2 Å². The second kappa shape index (κ2) is 48.3. The summed E-state index contributed by atoms with van der Waals surface area (Å²) >= 11 is 0. The van der Waals surface area contributed by atoms with Crippen LogP contribution in [0.5, 0.6) is 0 Å². The molecule has 0 aliphatic rings.